The number of nitrogens with zero attached hydrogens (tertiary/aromatic N) is 1. The second-order valence-electron chi connectivity index (χ2n) is 5.17. The summed E-state index contributed by atoms with van der Waals surface area (Å²) in [7, 11) is 0. The standard InChI is InChI=1S/C15H16N2S/c1-9(2)13-8-14(18)17-15(16-13)12-7-10-5-3-4-6-11(10)12/h3-6,8-9,12H,7H2,1-2H3,(H,16,17,18). The molecule has 1 heterocycles. The molecule has 0 saturated carbocycles. The first kappa shape index (κ1) is 11.6. The molecule has 0 radical (unpaired) electrons. The van der Waals surface area contributed by atoms with Gasteiger partial charge in [-0.1, -0.05) is 50.3 Å². The van der Waals surface area contributed by atoms with Gasteiger partial charge in [-0.2, -0.15) is 0 Å². The number of nitrogens with one attached hydrogen (secondary N) is 1. The Bertz CT molecular complexity index is 643. The zero-order valence-corrected chi connectivity index (χ0v) is 11.4. The Labute approximate surface area is 112 Å². The zero-order chi connectivity index (χ0) is 12.7. The van der Waals surface area contributed by atoms with Crippen molar-refractivity contribution in [1.29, 1.82) is 0 Å². The highest BCUT2D eigenvalue weighted by molar-refractivity contribution is 7.71. The van der Waals surface area contributed by atoms with Crippen LogP contribution in [0.25, 0.3) is 0 Å². The average Bonchev–Trinajstić information content (AvgIpc) is 2.30. The van der Waals surface area contributed by atoms with Crippen molar-refractivity contribution >= 4 is 12.2 Å². The van der Waals surface area contributed by atoms with Crippen molar-refractivity contribution in [3.8, 4) is 0 Å². The lowest BCUT2D eigenvalue weighted by Gasteiger charge is -2.29. The molecule has 0 aliphatic heterocycles. The van der Waals surface area contributed by atoms with Crippen LogP contribution in [0, 0.1) is 4.64 Å². The smallest absolute Gasteiger partial charge is 0.130 e. The van der Waals surface area contributed by atoms with Gasteiger partial charge >= 0.3 is 0 Å². The summed E-state index contributed by atoms with van der Waals surface area (Å²) in [6, 6.07) is 10.5. The van der Waals surface area contributed by atoms with Gasteiger partial charge in [-0.3, -0.25) is 0 Å². The van der Waals surface area contributed by atoms with Gasteiger partial charge in [-0.25, -0.2) is 4.98 Å². The largest absolute Gasteiger partial charge is 0.346 e. The molecule has 1 unspecified atom stereocenters. The molecule has 18 heavy (non-hydrogen) atoms. The minimum Gasteiger partial charge on any atom is -0.346 e. The zero-order valence-electron chi connectivity index (χ0n) is 10.6. The van der Waals surface area contributed by atoms with Crippen LogP contribution >= 0.6 is 12.2 Å². The van der Waals surface area contributed by atoms with E-state index in [1.165, 1.54) is 16.8 Å². The van der Waals surface area contributed by atoms with Crippen LogP contribution in [-0.4, -0.2) is 9.97 Å². The van der Waals surface area contributed by atoms with Crippen LogP contribution in [0.3, 0.4) is 0 Å². The van der Waals surface area contributed by atoms with Crippen molar-refractivity contribution in [2.24, 2.45) is 0 Å². The Morgan fingerprint density at radius 3 is 2.83 bits per heavy atom. The average molecular weight is 256 g/mol. The van der Waals surface area contributed by atoms with Crippen molar-refractivity contribution in [2.75, 3.05) is 0 Å². The van der Waals surface area contributed by atoms with Crippen molar-refractivity contribution in [1.82, 2.24) is 9.97 Å². The normalized spacial score (nSPS) is 17.4. The molecule has 1 aromatic carbocycles. The van der Waals surface area contributed by atoms with Gasteiger partial charge in [-0.15, -0.1) is 0 Å². The number of fused-ring (bicyclic) bond motifs is 1. The van der Waals surface area contributed by atoms with E-state index in [9.17, 15) is 0 Å². The molecule has 1 atom stereocenters. The quantitative estimate of drug-likeness (QED) is 0.824. The number of hydrogen-bond donors (Lipinski definition) is 1. The van der Waals surface area contributed by atoms with E-state index in [-0.39, 0.29) is 0 Å². The SMILES string of the molecule is CC(C)c1cc(=S)nc(C2Cc3ccccc32)[nH]1. The summed E-state index contributed by atoms with van der Waals surface area (Å²) < 4.78 is 0.692. The summed E-state index contributed by atoms with van der Waals surface area (Å²) in [5.41, 5.74) is 3.99. The van der Waals surface area contributed by atoms with Crippen molar-refractivity contribution in [3.63, 3.8) is 0 Å². The summed E-state index contributed by atoms with van der Waals surface area (Å²) in [6.45, 7) is 4.33. The second kappa shape index (κ2) is 4.32. The van der Waals surface area contributed by atoms with E-state index >= 15 is 0 Å². The minimum absolute atomic E-state index is 0.390. The molecule has 3 heteroatoms. The number of aromatic amines is 1. The van der Waals surface area contributed by atoms with E-state index in [4.69, 9.17) is 12.2 Å². The fourth-order valence-electron chi connectivity index (χ4n) is 2.47. The van der Waals surface area contributed by atoms with Gasteiger partial charge < -0.3 is 4.98 Å². The van der Waals surface area contributed by atoms with Crippen LogP contribution in [0.5, 0.6) is 0 Å². The van der Waals surface area contributed by atoms with Crippen LogP contribution in [0.4, 0.5) is 0 Å². The Hall–Kier alpha value is -1.48. The molecule has 92 valence electrons. The van der Waals surface area contributed by atoms with Crippen molar-refractivity contribution in [3.05, 3.63) is 57.6 Å². The molecule has 0 amide bonds. The topological polar surface area (TPSA) is 28.7 Å². The number of hydrogen-bond acceptors (Lipinski definition) is 2. The molecule has 1 N–H and O–H groups in total. The Morgan fingerprint density at radius 1 is 1.33 bits per heavy atom. The lowest BCUT2D eigenvalue weighted by atomic mass is 9.77. The lowest BCUT2D eigenvalue weighted by Crippen LogP contribution is -2.21. The first-order chi connectivity index (χ1) is 8.65. The highest BCUT2D eigenvalue weighted by Gasteiger charge is 2.28. The van der Waals surface area contributed by atoms with Crippen LogP contribution in [0.1, 0.15) is 48.3 Å². The predicted molar refractivity (Wildman–Crippen MR) is 75.5 cm³/mol. The predicted octanol–water partition coefficient (Wildman–Crippen LogP) is 3.95. The molecular weight excluding hydrogens is 240 g/mol. The van der Waals surface area contributed by atoms with E-state index in [0.29, 0.717) is 16.5 Å². The summed E-state index contributed by atoms with van der Waals surface area (Å²) >= 11 is 5.27. The molecule has 2 aromatic rings. The van der Waals surface area contributed by atoms with Crippen LogP contribution < -0.4 is 0 Å². The molecule has 1 aliphatic carbocycles. The van der Waals surface area contributed by atoms with Crippen molar-refractivity contribution < 1.29 is 0 Å². The third-order valence-electron chi connectivity index (χ3n) is 3.59. The lowest BCUT2D eigenvalue weighted by molar-refractivity contribution is 0.645. The highest BCUT2D eigenvalue weighted by atomic mass is 32.1. The molecule has 0 saturated heterocycles. The molecule has 3 rings (SSSR count). The first-order valence-corrected chi connectivity index (χ1v) is 6.75. The third kappa shape index (κ3) is 1.89. The number of rotatable bonds is 2. The van der Waals surface area contributed by atoms with Gasteiger partial charge in [0.25, 0.3) is 0 Å². The molecular formula is C15H16N2S. The van der Waals surface area contributed by atoms with Gasteiger partial charge in [-0.05, 0) is 29.5 Å². The maximum atomic E-state index is 5.27. The van der Waals surface area contributed by atoms with E-state index in [0.717, 1.165) is 12.2 Å². The Morgan fingerprint density at radius 2 is 2.11 bits per heavy atom. The maximum Gasteiger partial charge on any atom is 0.130 e. The summed E-state index contributed by atoms with van der Waals surface area (Å²) in [6.07, 6.45) is 1.07. The third-order valence-corrected chi connectivity index (χ3v) is 3.80. The molecule has 0 fully saturated rings. The second-order valence-corrected chi connectivity index (χ2v) is 5.59. The molecule has 0 bridgehead atoms. The summed E-state index contributed by atoms with van der Waals surface area (Å²) in [5, 5.41) is 0. The number of benzene rings is 1. The van der Waals surface area contributed by atoms with Crippen LogP contribution in [0.2, 0.25) is 0 Å². The summed E-state index contributed by atoms with van der Waals surface area (Å²) in [4.78, 5) is 7.95. The fraction of sp³-hybridized carbons (Fsp3) is 0.333. The Kier molecular flexibility index (Phi) is 2.78. The van der Waals surface area contributed by atoms with Crippen LogP contribution in [0.15, 0.2) is 30.3 Å². The molecule has 0 spiro atoms. The highest BCUT2D eigenvalue weighted by Crippen LogP contribution is 2.38. The maximum absolute atomic E-state index is 5.27. The molecule has 1 aromatic heterocycles. The monoisotopic (exact) mass is 256 g/mol. The van der Waals surface area contributed by atoms with Gasteiger partial charge in [0.15, 0.2) is 0 Å². The molecule has 2 nitrogen and oxygen atoms in total. The van der Waals surface area contributed by atoms with E-state index < -0.39 is 0 Å². The van der Waals surface area contributed by atoms with Gasteiger partial charge in [0.1, 0.15) is 10.5 Å². The van der Waals surface area contributed by atoms with E-state index in [1.807, 2.05) is 6.07 Å². The van der Waals surface area contributed by atoms with Gasteiger partial charge in [0, 0.05) is 11.6 Å². The number of aromatic nitrogens is 2. The number of H-pyrrole nitrogens is 1. The first-order valence-electron chi connectivity index (χ1n) is 6.34. The summed E-state index contributed by atoms with van der Waals surface area (Å²) in [5.74, 6) is 1.86. The van der Waals surface area contributed by atoms with E-state index in [1.54, 1.807) is 0 Å². The van der Waals surface area contributed by atoms with Gasteiger partial charge in [0.05, 0.1) is 0 Å². The van der Waals surface area contributed by atoms with E-state index in [2.05, 4.69) is 48.1 Å². The minimum atomic E-state index is 0.390. The Balaban J connectivity index is 2.03. The van der Waals surface area contributed by atoms with Crippen molar-refractivity contribution in [2.45, 2.75) is 32.1 Å². The van der Waals surface area contributed by atoms with Gasteiger partial charge in [0.2, 0.25) is 0 Å². The van der Waals surface area contributed by atoms with Crippen LogP contribution in [-0.2, 0) is 6.42 Å². The molecule has 1 aliphatic rings. The fourth-order valence-corrected chi connectivity index (χ4v) is 2.70.